The summed E-state index contributed by atoms with van der Waals surface area (Å²) >= 11 is 0. The normalized spacial score (nSPS) is 32.4. The Morgan fingerprint density at radius 2 is 2.15 bits per heavy atom. The van der Waals surface area contributed by atoms with E-state index in [1.54, 1.807) is 0 Å². The van der Waals surface area contributed by atoms with Gasteiger partial charge in [0.1, 0.15) is 0 Å². The number of ether oxygens (including phenoxy) is 1. The molecule has 0 aromatic carbocycles. The second-order valence-electron chi connectivity index (χ2n) is 5.72. The van der Waals surface area contributed by atoms with Crippen LogP contribution in [0.3, 0.4) is 0 Å². The Hall–Kier alpha value is -0.660. The number of carbonyl (C=O) groups excluding carboxylic acids is 1. The molecule has 0 saturated carbocycles. The van der Waals surface area contributed by atoms with Gasteiger partial charge in [0.05, 0.1) is 30.6 Å². The highest BCUT2D eigenvalue weighted by molar-refractivity contribution is 7.91. The summed E-state index contributed by atoms with van der Waals surface area (Å²) in [6.07, 6.45) is 1.67. The zero-order valence-corrected chi connectivity index (χ0v) is 12.7. The van der Waals surface area contributed by atoms with Crippen molar-refractivity contribution in [3.05, 3.63) is 0 Å². The van der Waals surface area contributed by atoms with E-state index in [1.165, 1.54) is 0 Å². The fraction of sp³-hybridized carbons (Fsp3) is 0.923. The van der Waals surface area contributed by atoms with Crippen LogP contribution in [0.5, 0.6) is 0 Å². The average molecular weight is 304 g/mol. The second-order valence-corrected chi connectivity index (χ2v) is 7.95. The molecule has 2 aliphatic heterocycles. The molecule has 116 valence electrons. The maximum Gasteiger partial charge on any atom is 0.227 e. The lowest BCUT2D eigenvalue weighted by molar-refractivity contribution is -0.125. The summed E-state index contributed by atoms with van der Waals surface area (Å²) in [4.78, 5) is 12.2. The molecular weight excluding hydrogens is 280 g/mol. The number of amides is 1. The van der Waals surface area contributed by atoms with Gasteiger partial charge in [-0.05, 0) is 25.3 Å². The van der Waals surface area contributed by atoms with Crippen molar-refractivity contribution in [1.82, 2.24) is 10.6 Å². The molecule has 0 aromatic heterocycles. The summed E-state index contributed by atoms with van der Waals surface area (Å²) < 4.78 is 28.1. The van der Waals surface area contributed by atoms with Crippen molar-refractivity contribution in [1.29, 1.82) is 0 Å². The number of rotatable bonds is 6. The van der Waals surface area contributed by atoms with Gasteiger partial charge in [0.2, 0.25) is 5.91 Å². The molecule has 2 aliphatic rings. The van der Waals surface area contributed by atoms with Gasteiger partial charge in [-0.3, -0.25) is 4.79 Å². The maximum atomic E-state index is 12.2. The summed E-state index contributed by atoms with van der Waals surface area (Å²) in [6, 6.07) is 0.0715. The van der Waals surface area contributed by atoms with Gasteiger partial charge < -0.3 is 15.4 Å². The van der Waals surface area contributed by atoms with Crippen LogP contribution in [-0.4, -0.2) is 58.2 Å². The molecule has 2 N–H and O–H groups in total. The first-order chi connectivity index (χ1) is 9.52. The highest BCUT2D eigenvalue weighted by Gasteiger charge is 2.34. The van der Waals surface area contributed by atoms with Gasteiger partial charge in [0.15, 0.2) is 9.84 Å². The molecule has 2 saturated heterocycles. The second kappa shape index (κ2) is 6.87. The summed E-state index contributed by atoms with van der Waals surface area (Å²) in [5, 5.41) is 6.21. The number of nitrogens with one attached hydrogen (secondary N) is 2. The zero-order valence-electron chi connectivity index (χ0n) is 11.9. The topological polar surface area (TPSA) is 84.5 Å². The van der Waals surface area contributed by atoms with Crippen LogP contribution < -0.4 is 10.6 Å². The molecule has 7 heteroatoms. The largest absolute Gasteiger partial charge is 0.379 e. The lowest BCUT2D eigenvalue weighted by Crippen LogP contribution is -2.45. The van der Waals surface area contributed by atoms with Crippen LogP contribution >= 0.6 is 0 Å². The van der Waals surface area contributed by atoms with Crippen molar-refractivity contribution < 1.29 is 17.9 Å². The highest BCUT2D eigenvalue weighted by atomic mass is 32.2. The Balaban J connectivity index is 1.76. The van der Waals surface area contributed by atoms with Gasteiger partial charge >= 0.3 is 0 Å². The molecule has 1 amide bonds. The third-order valence-corrected chi connectivity index (χ3v) is 5.80. The lowest BCUT2D eigenvalue weighted by atomic mass is 10.0. The lowest BCUT2D eigenvalue weighted by Gasteiger charge is -2.19. The number of hydrogen-bond donors (Lipinski definition) is 2. The summed E-state index contributed by atoms with van der Waals surface area (Å²) in [5.41, 5.74) is 0. The SMILES string of the molecule is CCCNC1COCC1C(=O)NCC1CCS(=O)(=O)C1. The third kappa shape index (κ3) is 4.17. The Labute approximate surface area is 120 Å². The van der Waals surface area contributed by atoms with Crippen LogP contribution in [0.15, 0.2) is 0 Å². The van der Waals surface area contributed by atoms with Crippen LogP contribution in [-0.2, 0) is 19.4 Å². The molecule has 0 spiro atoms. The fourth-order valence-corrected chi connectivity index (χ4v) is 4.61. The summed E-state index contributed by atoms with van der Waals surface area (Å²) in [5.74, 6) is 0.320. The van der Waals surface area contributed by atoms with Crippen molar-refractivity contribution in [3.63, 3.8) is 0 Å². The molecule has 2 fully saturated rings. The molecule has 0 aliphatic carbocycles. The molecule has 0 radical (unpaired) electrons. The average Bonchev–Trinajstić information content (AvgIpc) is 2.99. The van der Waals surface area contributed by atoms with Gasteiger partial charge in [-0.2, -0.15) is 0 Å². The molecule has 0 bridgehead atoms. The van der Waals surface area contributed by atoms with Crippen LogP contribution in [0.1, 0.15) is 19.8 Å². The van der Waals surface area contributed by atoms with Crippen molar-refractivity contribution >= 4 is 15.7 Å². The first-order valence-corrected chi connectivity index (χ1v) is 9.13. The van der Waals surface area contributed by atoms with Crippen LogP contribution in [0.25, 0.3) is 0 Å². The standard InChI is InChI=1S/C13H24N2O4S/c1-2-4-14-12-8-19-7-11(12)13(16)15-6-10-3-5-20(17,18)9-10/h10-12,14H,2-9H2,1H3,(H,15,16). The molecule has 20 heavy (non-hydrogen) atoms. The van der Waals surface area contributed by atoms with Gasteiger partial charge in [-0.1, -0.05) is 6.92 Å². The van der Waals surface area contributed by atoms with E-state index >= 15 is 0 Å². The van der Waals surface area contributed by atoms with E-state index in [9.17, 15) is 13.2 Å². The zero-order chi connectivity index (χ0) is 14.6. The van der Waals surface area contributed by atoms with E-state index in [2.05, 4.69) is 17.6 Å². The minimum Gasteiger partial charge on any atom is -0.379 e. The van der Waals surface area contributed by atoms with Crippen molar-refractivity contribution in [2.45, 2.75) is 25.8 Å². The third-order valence-electron chi connectivity index (χ3n) is 3.97. The summed E-state index contributed by atoms with van der Waals surface area (Å²) in [6.45, 7) is 4.41. The molecule has 3 atom stereocenters. The summed E-state index contributed by atoms with van der Waals surface area (Å²) in [7, 11) is -2.87. The Morgan fingerprint density at radius 3 is 2.80 bits per heavy atom. The molecule has 6 nitrogen and oxygen atoms in total. The maximum absolute atomic E-state index is 12.2. The number of hydrogen-bond acceptors (Lipinski definition) is 5. The van der Waals surface area contributed by atoms with Gasteiger partial charge in [-0.15, -0.1) is 0 Å². The van der Waals surface area contributed by atoms with E-state index in [0.29, 0.717) is 26.2 Å². The van der Waals surface area contributed by atoms with E-state index in [0.717, 1.165) is 13.0 Å². The Bertz CT molecular complexity index is 438. The highest BCUT2D eigenvalue weighted by Crippen LogP contribution is 2.18. The van der Waals surface area contributed by atoms with Crippen LogP contribution in [0, 0.1) is 11.8 Å². The molecule has 2 rings (SSSR count). The van der Waals surface area contributed by atoms with E-state index in [-0.39, 0.29) is 35.3 Å². The van der Waals surface area contributed by atoms with Gasteiger partial charge in [0.25, 0.3) is 0 Å². The van der Waals surface area contributed by atoms with E-state index in [1.807, 2.05) is 0 Å². The molecule has 2 heterocycles. The van der Waals surface area contributed by atoms with Crippen molar-refractivity contribution in [2.75, 3.05) is 37.8 Å². The fourth-order valence-electron chi connectivity index (χ4n) is 2.75. The van der Waals surface area contributed by atoms with Gasteiger partial charge in [-0.25, -0.2) is 8.42 Å². The van der Waals surface area contributed by atoms with Crippen LogP contribution in [0.4, 0.5) is 0 Å². The van der Waals surface area contributed by atoms with Crippen molar-refractivity contribution in [3.8, 4) is 0 Å². The quantitative estimate of drug-likeness (QED) is 0.694. The first kappa shape index (κ1) is 15.7. The molecule has 0 aromatic rings. The molecule has 3 unspecified atom stereocenters. The van der Waals surface area contributed by atoms with E-state index in [4.69, 9.17) is 4.74 Å². The minimum absolute atomic E-state index is 0.0274. The molecular formula is C13H24N2O4S. The number of carbonyl (C=O) groups is 1. The van der Waals surface area contributed by atoms with E-state index < -0.39 is 9.84 Å². The van der Waals surface area contributed by atoms with Gasteiger partial charge in [0, 0.05) is 12.6 Å². The Morgan fingerprint density at radius 1 is 1.35 bits per heavy atom. The predicted octanol–water partition coefficient (Wildman–Crippen LogP) is -0.448. The van der Waals surface area contributed by atoms with Crippen molar-refractivity contribution in [2.24, 2.45) is 11.8 Å². The predicted molar refractivity (Wildman–Crippen MR) is 76.2 cm³/mol. The minimum atomic E-state index is -2.87. The smallest absolute Gasteiger partial charge is 0.227 e. The monoisotopic (exact) mass is 304 g/mol. The van der Waals surface area contributed by atoms with Crippen LogP contribution in [0.2, 0.25) is 0 Å². The Kier molecular flexibility index (Phi) is 5.40. The first-order valence-electron chi connectivity index (χ1n) is 7.31. The number of sulfone groups is 1.